The van der Waals surface area contributed by atoms with Crippen LogP contribution in [0.5, 0.6) is 0 Å². The predicted molar refractivity (Wildman–Crippen MR) is 71.3 cm³/mol. The standard InChI is InChI=1S/C16H22O/c1-12(9-13(2)17)10-14-7-8-15-5-3-4-6-16(15)11-14/h7-8,11-12H,3-6,9-10H2,1-2H3. The van der Waals surface area contributed by atoms with Gasteiger partial charge in [0, 0.05) is 6.42 Å². The van der Waals surface area contributed by atoms with E-state index in [2.05, 4.69) is 25.1 Å². The third-order valence-electron chi connectivity index (χ3n) is 3.63. The Balaban J connectivity index is 2.04. The van der Waals surface area contributed by atoms with E-state index in [9.17, 15) is 4.79 Å². The number of carbonyl (C=O) groups is 1. The Hall–Kier alpha value is -1.11. The van der Waals surface area contributed by atoms with Gasteiger partial charge in [-0.15, -0.1) is 0 Å². The van der Waals surface area contributed by atoms with E-state index in [4.69, 9.17) is 0 Å². The van der Waals surface area contributed by atoms with Crippen molar-refractivity contribution in [2.24, 2.45) is 5.92 Å². The van der Waals surface area contributed by atoms with Crippen LogP contribution in [0, 0.1) is 5.92 Å². The molecule has 1 heteroatoms. The third kappa shape index (κ3) is 3.42. The van der Waals surface area contributed by atoms with Crippen molar-refractivity contribution in [2.45, 2.75) is 52.4 Å². The molecule has 0 saturated carbocycles. The summed E-state index contributed by atoms with van der Waals surface area (Å²) in [4.78, 5) is 11.1. The molecule has 2 rings (SSSR count). The second-order valence-corrected chi connectivity index (χ2v) is 5.53. The van der Waals surface area contributed by atoms with Gasteiger partial charge in [0.25, 0.3) is 0 Å². The first-order valence-corrected chi connectivity index (χ1v) is 6.75. The number of hydrogen-bond donors (Lipinski definition) is 0. The van der Waals surface area contributed by atoms with Gasteiger partial charge in [-0.05, 0) is 61.6 Å². The summed E-state index contributed by atoms with van der Waals surface area (Å²) in [7, 11) is 0. The van der Waals surface area contributed by atoms with Crippen LogP contribution in [-0.2, 0) is 24.1 Å². The van der Waals surface area contributed by atoms with Crippen molar-refractivity contribution >= 4 is 5.78 Å². The van der Waals surface area contributed by atoms with Gasteiger partial charge in [-0.2, -0.15) is 0 Å². The fraction of sp³-hybridized carbons (Fsp3) is 0.562. The molecule has 0 bridgehead atoms. The minimum Gasteiger partial charge on any atom is -0.300 e. The first-order chi connectivity index (χ1) is 8.15. The van der Waals surface area contributed by atoms with Gasteiger partial charge in [-0.25, -0.2) is 0 Å². The highest BCUT2D eigenvalue weighted by atomic mass is 16.1. The summed E-state index contributed by atoms with van der Waals surface area (Å²) in [6.45, 7) is 3.85. The van der Waals surface area contributed by atoms with E-state index in [-0.39, 0.29) is 0 Å². The molecule has 1 atom stereocenters. The van der Waals surface area contributed by atoms with E-state index in [1.54, 1.807) is 18.1 Å². The molecule has 0 radical (unpaired) electrons. The lowest BCUT2D eigenvalue weighted by Crippen LogP contribution is -2.07. The smallest absolute Gasteiger partial charge is 0.130 e. The second kappa shape index (κ2) is 5.48. The molecule has 0 fully saturated rings. The van der Waals surface area contributed by atoms with Crippen LogP contribution in [0.3, 0.4) is 0 Å². The Morgan fingerprint density at radius 2 is 1.94 bits per heavy atom. The Kier molecular flexibility index (Phi) is 3.98. The molecule has 92 valence electrons. The molecule has 1 nitrogen and oxygen atoms in total. The Bertz CT molecular complexity index is 406. The van der Waals surface area contributed by atoms with Gasteiger partial charge in [-0.3, -0.25) is 0 Å². The van der Waals surface area contributed by atoms with Crippen LogP contribution in [0.2, 0.25) is 0 Å². The zero-order valence-electron chi connectivity index (χ0n) is 11.0. The molecular weight excluding hydrogens is 208 g/mol. The van der Waals surface area contributed by atoms with Crippen molar-refractivity contribution < 1.29 is 4.79 Å². The van der Waals surface area contributed by atoms with Crippen molar-refractivity contribution in [2.75, 3.05) is 0 Å². The summed E-state index contributed by atoms with van der Waals surface area (Å²) in [5.41, 5.74) is 4.49. The van der Waals surface area contributed by atoms with Gasteiger partial charge in [0.05, 0.1) is 0 Å². The quantitative estimate of drug-likeness (QED) is 0.770. The SMILES string of the molecule is CC(=O)CC(C)Cc1ccc2c(c1)CCCC2. The molecule has 0 N–H and O–H groups in total. The minimum absolute atomic E-state index is 0.301. The lowest BCUT2D eigenvalue weighted by Gasteiger charge is -2.17. The summed E-state index contributed by atoms with van der Waals surface area (Å²) >= 11 is 0. The molecule has 0 amide bonds. The molecule has 1 aliphatic carbocycles. The predicted octanol–water partition coefficient (Wildman–Crippen LogP) is 3.72. The molecule has 1 aromatic carbocycles. The summed E-state index contributed by atoms with van der Waals surface area (Å²) < 4.78 is 0. The van der Waals surface area contributed by atoms with Crippen LogP contribution in [0.25, 0.3) is 0 Å². The lowest BCUT2D eigenvalue weighted by atomic mass is 9.88. The van der Waals surface area contributed by atoms with E-state index in [1.807, 2.05) is 0 Å². The van der Waals surface area contributed by atoms with Crippen LogP contribution in [0.4, 0.5) is 0 Å². The van der Waals surface area contributed by atoms with Gasteiger partial charge >= 0.3 is 0 Å². The lowest BCUT2D eigenvalue weighted by molar-refractivity contribution is -0.117. The number of benzene rings is 1. The first-order valence-electron chi connectivity index (χ1n) is 6.75. The summed E-state index contributed by atoms with van der Waals surface area (Å²) in [5, 5.41) is 0. The monoisotopic (exact) mass is 230 g/mol. The van der Waals surface area contributed by atoms with E-state index in [1.165, 1.54) is 31.2 Å². The number of hydrogen-bond acceptors (Lipinski definition) is 1. The number of carbonyl (C=O) groups excluding carboxylic acids is 1. The Morgan fingerprint density at radius 3 is 2.65 bits per heavy atom. The fourth-order valence-corrected chi connectivity index (χ4v) is 2.88. The number of Topliss-reactive ketones (excluding diaryl/α,β-unsaturated/α-hetero) is 1. The van der Waals surface area contributed by atoms with Crippen LogP contribution in [-0.4, -0.2) is 5.78 Å². The molecule has 0 heterocycles. The number of rotatable bonds is 4. The van der Waals surface area contributed by atoms with Crippen LogP contribution < -0.4 is 0 Å². The molecule has 1 aromatic rings. The van der Waals surface area contributed by atoms with Crippen LogP contribution in [0.1, 0.15) is 49.8 Å². The van der Waals surface area contributed by atoms with Crippen molar-refractivity contribution in [1.29, 1.82) is 0 Å². The van der Waals surface area contributed by atoms with Crippen molar-refractivity contribution in [1.82, 2.24) is 0 Å². The average Bonchev–Trinajstić information content (AvgIpc) is 2.27. The van der Waals surface area contributed by atoms with Crippen molar-refractivity contribution in [3.63, 3.8) is 0 Å². The number of fused-ring (bicyclic) bond motifs is 1. The van der Waals surface area contributed by atoms with Crippen molar-refractivity contribution in [3.05, 3.63) is 34.9 Å². The fourth-order valence-electron chi connectivity index (χ4n) is 2.88. The third-order valence-corrected chi connectivity index (χ3v) is 3.63. The first kappa shape index (κ1) is 12.3. The van der Waals surface area contributed by atoms with E-state index >= 15 is 0 Å². The van der Waals surface area contributed by atoms with Gasteiger partial charge < -0.3 is 4.79 Å². The van der Waals surface area contributed by atoms with Gasteiger partial charge in [0.1, 0.15) is 5.78 Å². The van der Waals surface area contributed by atoms with Crippen LogP contribution >= 0.6 is 0 Å². The number of aryl methyl sites for hydroxylation is 2. The highest BCUT2D eigenvalue weighted by Gasteiger charge is 2.11. The Labute approximate surface area is 104 Å². The molecule has 0 aromatic heterocycles. The maximum atomic E-state index is 11.1. The summed E-state index contributed by atoms with van der Waals surface area (Å²) in [6, 6.07) is 6.91. The van der Waals surface area contributed by atoms with Gasteiger partial charge in [0.2, 0.25) is 0 Å². The second-order valence-electron chi connectivity index (χ2n) is 5.53. The maximum Gasteiger partial charge on any atom is 0.130 e. The molecule has 1 unspecified atom stereocenters. The highest BCUT2D eigenvalue weighted by Crippen LogP contribution is 2.23. The molecule has 0 aliphatic heterocycles. The normalized spacial score (nSPS) is 16.4. The zero-order chi connectivity index (χ0) is 12.3. The van der Waals surface area contributed by atoms with Gasteiger partial charge in [-0.1, -0.05) is 25.1 Å². The topological polar surface area (TPSA) is 17.1 Å². The molecular formula is C16H22O. The summed E-state index contributed by atoms with van der Waals surface area (Å²) in [5.74, 6) is 0.768. The minimum atomic E-state index is 0.301. The molecule has 17 heavy (non-hydrogen) atoms. The van der Waals surface area contributed by atoms with E-state index < -0.39 is 0 Å². The maximum absolute atomic E-state index is 11.1. The number of ketones is 1. The average molecular weight is 230 g/mol. The van der Waals surface area contributed by atoms with Gasteiger partial charge in [0.15, 0.2) is 0 Å². The highest BCUT2D eigenvalue weighted by molar-refractivity contribution is 5.75. The molecule has 0 saturated heterocycles. The van der Waals surface area contributed by atoms with E-state index in [0.29, 0.717) is 18.1 Å². The van der Waals surface area contributed by atoms with Crippen molar-refractivity contribution in [3.8, 4) is 0 Å². The molecule has 0 spiro atoms. The summed E-state index contributed by atoms with van der Waals surface area (Å²) in [6.07, 6.45) is 6.90. The largest absolute Gasteiger partial charge is 0.300 e. The van der Waals surface area contributed by atoms with E-state index in [0.717, 1.165) is 6.42 Å². The zero-order valence-corrected chi connectivity index (χ0v) is 11.0. The Morgan fingerprint density at radius 1 is 1.24 bits per heavy atom. The van der Waals surface area contributed by atoms with Crippen LogP contribution in [0.15, 0.2) is 18.2 Å². The molecule has 1 aliphatic rings.